The van der Waals surface area contributed by atoms with Gasteiger partial charge in [-0.3, -0.25) is 4.90 Å². The number of thiophene rings is 1. The lowest BCUT2D eigenvalue weighted by Crippen LogP contribution is -2.44. The van der Waals surface area contributed by atoms with E-state index >= 15 is 0 Å². The van der Waals surface area contributed by atoms with Crippen LogP contribution in [0.5, 0.6) is 0 Å². The highest BCUT2D eigenvalue weighted by Crippen LogP contribution is 2.23. The largest absolute Gasteiger partial charge is 0.391 e. The number of benzene rings is 1. The Kier molecular flexibility index (Phi) is 5.68. The average molecular weight is 367 g/mol. The number of sulfonamides is 1. The maximum absolute atomic E-state index is 12.5. The van der Waals surface area contributed by atoms with Gasteiger partial charge >= 0.3 is 0 Å². The molecule has 2 aromatic rings. The van der Waals surface area contributed by atoms with Crippen LogP contribution in [0.3, 0.4) is 0 Å². The summed E-state index contributed by atoms with van der Waals surface area (Å²) in [6.07, 6.45) is 1.59. The number of hydrogen-bond acceptors (Lipinski definition) is 5. The van der Waals surface area contributed by atoms with Gasteiger partial charge in [0, 0.05) is 30.6 Å². The topological polar surface area (TPSA) is 69.6 Å². The molecule has 1 aliphatic rings. The normalized spacial score (nSPS) is 17.2. The number of nitrogens with zero attached hydrogens (tertiary/aromatic N) is 1. The fourth-order valence-electron chi connectivity index (χ4n) is 3.02. The number of hydrogen-bond donors (Lipinski definition) is 2. The Morgan fingerprint density at radius 2 is 1.88 bits per heavy atom. The van der Waals surface area contributed by atoms with E-state index in [0.717, 1.165) is 32.5 Å². The van der Waals surface area contributed by atoms with Crippen LogP contribution in [0.4, 0.5) is 0 Å². The van der Waals surface area contributed by atoms with E-state index in [2.05, 4.69) is 21.8 Å². The zero-order valence-corrected chi connectivity index (χ0v) is 15.0. The molecule has 2 N–H and O–H groups in total. The molecule has 1 aromatic heterocycles. The Morgan fingerprint density at radius 1 is 1.17 bits per heavy atom. The third-order valence-corrected chi connectivity index (χ3v) is 6.94. The quantitative estimate of drug-likeness (QED) is 0.822. The highest BCUT2D eigenvalue weighted by molar-refractivity contribution is 7.89. The van der Waals surface area contributed by atoms with Crippen molar-refractivity contribution < 1.29 is 13.5 Å². The lowest BCUT2D eigenvalue weighted by Gasteiger charge is -2.32. The molecule has 0 saturated carbocycles. The molecular weight excluding hydrogens is 344 g/mol. The van der Waals surface area contributed by atoms with Crippen molar-refractivity contribution in [2.75, 3.05) is 13.1 Å². The van der Waals surface area contributed by atoms with E-state index in [-0.39, 0.29) is 17.5 Å². The van der Waals surface area contributed by atoms with Crippen molar-refractivity contribution in [3.05, 3.63) is 52.2 Å². The SMILES string of the molecule is O=S(=O)(NC1CCN(Cc2ccccc2)CC1)c1ccsc1CO. The molecule has 0 radical (unpaired) electrons. The van der Waals surface area contributed by atoms with Crippen LogP contribution >= 0.6 is 11.3 Å². The van der Waals surface area contributed by atoms with Crippen molar-refractivity contribution in [1.82, 2.24) is 9.62 Å². The van der Waals surface area contributed by atoms with Crippen molar-refractivity contribution in [2.45, 2.75) is 36.9 Å². The number of piperidine rings is 1. The van der Waals surface area contributed by atoms with E-state index < -0.39 is 10.0 Å². The second-order valence-corrected chi connectivity index (χ2v) is 8.71. The Balaban J connectivity index is 1.55. The van der Waals surface area contributed by atoms with Crippen LogP contribution in [0, 0.1) is 0 Å². The van der Waals surface area contributed by atoms with Gasteiger partial charge in [-0.05, 0) is 29.9 Å². The van der Waals surface area contributed by atoms with Gasteiger partial charge < -0.3 is 5.11 Å². The molecule has 5 nitrogen and oxygen atoms in total. The fourth-order valence-corrected chi connectivity index (χ4v) is 5.62. The van der Waals surface area contributed by atoms with E-state index in [0.29, 0.717) is 4.88 Å². The predicted octanol–water partition coefficient (Wildman–Crippen LogP) is 2.18. The van der Waals surface area contributed by atoms with Gasteiger partial charge in [0.05, 0.1) is 11.5 Å². The van der Waals surface area contributed by atoms with Crippen molar-refractivity contribution in [1.29, 1.82) is 0 Å². The molecule has 0 unspecified atom stereocenters. The van der Waals surface area contributed by atoms with Gasteiger partial charge in [-0.2, -0.15) is 0 Å². The summed E-state index contributed by atoms with van der Waals surface area (Å²) in [5.41, 5.74) is 1.28. The molecule has 1 saturated heterocycles. The Bertz CT molecular complexity index is 751. The fraction of sp³-hybridized carbons (Fsp3) is 0.412. The lowest BCUT2D eigenvalue weighted by molar-refractivity contribution is 0.200. The first kappa shape index (κ1) is 17.6. The van der Waals surface area contributed by atoms with Gasteiger partial charge in [0.15, 0.2) is 0 Å². The van der Waals surface area contributed by atoms with Crippen LogP contribution in [0.25, 0.3) is 0 Å². The molecule has 0 amide bonds. The first-order valence-corrected chi connectivity index (χ1v) is 10.4. The molecule has 2 heterocycles. The van der Waals surface area contributed by atoms with E-state index in [1.807, 2.05) is 18.2 Å². The number of nitrogens with one attached hydrogen (secondary N) is 1. The number of aliphatic hydroxyl groups excluding tert-OH is 1. The Labute approximate surface area is 147 Å². The maximum Gasteiger partial charge on any atom is 0.242 e. The molecule has 1 aromatic carbocycles. The molecule has 7 heteroatoms. The molecule has 1 fully saturated rings. The second-order valence-electron chi connectivity index (χ2n) is 6.02. The zero-order valence-electron chi connectivity index (χ0n) is 13.4. The molecule has 24 heavy (non-hydrogen) atoms. The molecule has 3 rings (SSSR count). The minimum atomic E-state index is -3.55. The highest BCUT2D eigenvalue weighted by atomic mass is 32.2. The molecule has 0 spiro atoms. The van der Waals surface area contributed by atoms with Crippen LogP contribution in [-0.2, 0) is 23.2 Å². The second kappa shape index (κ2) is 7.76. The molecule has 130 valence electrons. The summed E-state index contributed by atoms with van der Waals surface area (Å²) in [7, 11) is -3.55. The van der Waals surface area contributed by atoms with Gasteiger partial charge in [0.25, 0.3) is 0 Å². The van der Waals surface area contributed by atoms with Gasteiger partial charge in [0.1, 0.15) is 0 Å². The summed E-state index contributed by atoms with van der Waals surface area (Å²) in [6, 6.07) is 11.8. The van der Waals surface area contributed by atoms with Crippen LogP contribution in [0.15, 0.2) is 46.7 Å². The summed E-state index contributed by atoms with van der Waals surface area (Å²) in [5, 5.41) is 11.0. The first-order valence-electron chi connectivity index (χ1n) is 8.04. The third kappa shape index (κ3) is 4.23. The van der Waals surface area contributed by atoms with Crippen LogP contribution in [0.2, 0.25) is 0 Å². The number of likely N-dealkylation sites (tertiary alicyclic amines) is 1. The van der Waals surface area contributed by atoms with Crippen LogP contribution in [0.1, 0.15) is 23.3 Å². The summed E-state index contributed by atoms with van der Waals surface area (Å²) in [4.78, 5) is 3.05. The van der Waals surface area contributed by atoms with Crippen molar-refractivity contribution in [3.8, 4) is 0 Å². The predicted molar refractivity (Wildman–Crippen MR) is 95.3 cm³/mol. The summed E-state index contributed by atoms with van der Waals surface area (Å²) in [5.74, 6) is 0. The van der Waals surface area contributed by atoms with Gasteiger partial charge in [-0.15, -0.1) is 11.3 Å². The van der Waals surface area contributed by atoms with E-state index in [1.165, 1.54) is 16.9 Å². The van der Waals surface area contributed by atoms with Crippen LogP contribution < -0.4 is 4.72 Å². The van der Waals surface area contributed by atoms with E-state index in [9.17, 15) is 13.5 Å². The smallest absolute Gasteiger partial charge is 0.242 e. The van der Waals surface area contributed by atoms with Gasteiger partial charge in [0.2, 0.25) is 10.0 Å². The minimum absolute atomic E-state index is 0.0477. The third-order valence-electron chi connectivity index (χ3n) is 4.30. The number of rotatable bonds is 6. The zero-order chi connectivity index (χ0) is 17.0. The van der Waals surface area contributed by atoms with E-state index in [1.54, 1.807) is 11.4 Å². The maximum atomic E-state index is 12.5. The molecule has 0 atom stereocenters. The van der Waals surface area contributed by atoms with Crippen LogP contribution in [-0.4, -0.2) is 37.6 Å². The lowest BCUT2D eigenvalue weighted by atomic mass is 10.1. The van der Waals surface area contributed by atoms with Gasteiger partial charge in [-0.1, -0.05) is 30.3 Å². The minimum Gasteiger partial charge on any atom is -0.391 e. The summed E-state index contributed by atoms with van der Waals surface area (Å²) >= 11 is 1.26. The summed E-state index contributed by atoms with van der Waals surface area (Å²) in [6.45, 7) is 2.40. The molecular formula is C17H22N2O3S2. The monoisotopic (exact) mass is 366 g/mol. The van der Waals surface area contributed by atoms with Crippen molar-refractivity contribution >= 4 is 21.4 Å². The number of aliphatic hydroxyl groups is 1. The average Bonchev–Trinajstić information content (AvgIpc) is 3.07. The van der Waals surface area contributed by atoms with Crippen molar-refractivity contribution in [2.24, 2.45) is 0 Å². The standard InChI is InChI=1S/C17H22N2O3S2/c20-13-16-17(8-11-23-16)24(21,22)18-15-6-9-19(10-7-15)12-14-4-2-1-3-5-14/h1-5,8,11,15,18,20H,6-7,9-10,12-13H2. The Morgan fingerprint density at radius 3 is 2.54 bits per heavy atom. The van der Waals surface area contributed by atoms with E-state index in [4.69, 9.17) is 0 Å². The summed E-state index contributed by atoms with van der Waals surface area (Å²) < 4.78 is 27.8. The van der Waals surface area contributed by atoms with Gasteiger partial charge in [-0.25, -0.2) is 13.1 Å². The molecule has 0 bridgehead atoms. The first-order chi connectivity index (χ1) is 11.6. The highest BCUT2D eigenvalue weighted by Gasteiger charge is 2.26. The van der Waals surface area contributed by atoms with Crippen molar-refractivity contribution in [3.63, 3.8) is 0 Å². The Hall–Kier alpha value is -1.25. The molecule has 0 aliphatic carbocycles. The molecule has 1 aliphatic heterocycles.